The molecule has 1 unspecified atom stereocenters. The molecule has 156 valence electrons. The number of aliphatic imine (C=N–C) groups is 1. The van der Waals surface area contributed by atoms with Crippen molar-refractivity contribution >= 4 is 17.3 Å². The number of thiophene rings is 1. The molecular weight excluding hydrogens is 384 g/mol. The first-order valence-electron chi connectivity index (χ1n) is 10.4. The van der Waals surface area contributed by atoms with Crippen LogP contribution in [0.1, 0.15) is 35.7 Å². The molecule has 2 aliphatic heterocycles. The molecule has 0 spiro atoms. The third-order valence-electron chi connectivity index (χ3n) is 5.41. The minimum absolute atomic E-state index is 0.397. The van der Waals surface area contributed by atoms with Crippen LogP contribution in [-0.4, -0.2) is 50.8 Å². The predicted octanol–water partition coefficient (Wildman–Crippen LogP) is 3.41. The van der Waals surface area contributed by atoms with E-state index in [1.54, 1.807) is 0 Å². The molecule has 0 aliphatic carbocycles. The third kappa shape index (κ3) is 5.22. The van der Waals surface area contributed by atoms with Crippen molar-refractivity contribution in [2.24, 2.45) is 4.99 Å². The number of hydrogen-bond donors (Lipinski definition) is 2. The quantitative estimate of drug-likeness (QED) is 0.560. The van der Waals surface area contributed by atoms with Crippen LogP contribution in [0.2, 0.25) is 0 Å². The van der Waals surface area contributed by atoms with Gasteiger partial charge in [-0.2, -0.15) is 0 Å². The van der Waals surface area contributed by atoms with Crippen molar-refractivity contribution in [2.75, 3.05) is 39.9 Å². The van der Waals surface area contributed by atoms with Gasteiger partial charge in [0.15, 0.2) is 17.5 Å². The van der Waals surface area contributed by atoms with Crippen LogP contribution < -0.4 is 20.1 Å². The number of guanidine groups is 1. The lowest BCUT2D eigenvalue weighted by molar-refractivity contribution is 0.249. The summed E-state index contributed by atoms with van der Waals surface area (Å²) in [4.78, 5) is 8.40. The number of likely N-dealkylation sites (tertiary alicyclic amines) is 1. The maximum absolute atomic E-state index is 5.80. The second-order valence-electron chi connectivity index (χ2n) is 7.41. The lowest BCUT2D eigenvalue weighted by Gasteiger charge is -2.27. The Bertz CT molecular complexity index is 803. The van der Waals surface area contributed by atoms with Gasteiger partial charge in [0, 0.05) is 31.4 Å². The Morgan fingerprint density at radius 3 is 2.69 bits per heavy atom. The fourth-order valence-electron chi connectivity index (χ4n) is 3.86. The van der Waals surface area contributed by atoms with E-state index < -0.39 is 0 Å². The molecular formula is C22H30N4O2S. The zero-order valence-electron chi connectivity index (χ0n) is 17.0. The number of rotatable bonds is 6. The molecule has 0 amide bonds. The van der Waals surface area contributed by atoms with Gasteiger partial charge < -0.3 is 20.1 Å². The monoisotopic (exact) mass is 414 g/mol. The van der Waals surface area contributed by atoms with E-state index in [2.05, 4.69) is 50.2 Å². The first kappa shape index (κ1) is 20.0. The van der Waals surface area contributed by atoms with Gasteiger partial charge in [-0.05, 0) is 55.1 Å². The average molecular weight is 415 g/mol. The number of ether oxygens (including phenoxy) is 2. The minimum Gasteiger partial charge on any atom is -0.490 e. The highest BCUT2D eigenvalue weighted by atomic mass is 32.1. The maximum Gasteiger partial charge on any atom is 0.191 e. The molecule has 2 aliphatic rings. The first-order chi connectivity index (χ1) is 14.3. The lowest BCUT2D eigenvalue weighted by atomic mass is 10.2. The molecule has 0 saturated carbocycles. The van der Waals surface area contributed by atoms with Crippen molar-refractivity contribution in [3.8, 4) is 11.5 Å². The van der Waals surface area contributed by atoms with E-state index in [-0.39, 0.29) is 0 Å². The minimum atomic E-state index is 0.397. The molecule has 2 N–H and O–H groups in total. The SMILES string of the molecule is CN=C(NCc1ccc2c(c1)OCCCO2)NCC(c1cccs1)N1CCCC1. The molecule has 1 aromatic heterocycles. The van der Waals surface area contributed by atoms with Gasteiger partial charge in [-0.1, -0.05) is 12.1 Å². The molecule has 1 fully saturated rings. The van der Waals surface area contributed by atoms with Crippen LogP contribution in [0.5, 0.6) is 11.5 Å². The van der Waals surface area contributed by atoms with Crippen molar-refractivity contribution in [1.29, 1.82) is 0 Å². The van der Waals surface area contributed by atoms with Crippen LogP contribution >= 0.6 is 11.3 Å². The fourth-order valence-corrected chi connectivity index (χ4v) is 4.72. The van der Waals surface area contributed by atoms with Crippen LogP contribution in [0.25, 0.3) is 0 Å². The normalized spacial score (nSPS) is 18.3. The molecule has 6 nitrogen and oxygen atoms in total. The summed E-state index contributed by atoms with van der Waals surface area (Å²) >= 11 is 1.83. The molecule has 0 bridgehead atoms. The summed E-state index contributed by atoms with van der Waals surface area (Å²) < 4.78 is 11.5. The Morgan fingerprint density at radius 2 is 1.93 bits per heavy atom. The second kappa shape index (κ2) is 9.98. The number of nitrogens with zero attached hydrogens (tertiary/aromatic N) is 2. The van der Waals surface area contributed by atoms with E-state index in [0.29, 0.717) is 25.8 Å². The van der Waals surface area contributed by atoms with Crippen molar-refractivity contribution < 1.29 is 9.47 Å². The number of benzene rings is 1. The summed E-state index contributed by atoms with van der Waals surface area (Å²) in [5, 5.41) is 9.11. The molecule has 29 heavy (non-hydrogen) atoms. The predicted molar refractivity (Wildman–Crippen MR) is 118 cm³/mol. The molecule has 3 heterocycles. The third-order valence-corrected chi connectivity index (χ3v) is 6.38. The Kier molecular flexibility index (Phi) is 6.90. The molecule has 7 heteroatoms. The molecule has 1 saturated heterocycles. The van der Waals surface area contributed by atoms with Gasteiger partial charge in [0.05, 0.1) is 19.3 Å². The van der Waals surface area contributed by atoms with E-state index in [1.165, 1.54) is 30.8 Å². The Balaban J connectivity index is 1.34. The highest BCUT2D eigenvalue weighted by Gasteiger charge is 2.24. The summed E-state index contributed by atoms with van der Waals surface area (Å²) in [5.41, 5.74) is 1.14. The van der Waals surface area contributed by atoms with E-state index in [1.807, 2.05) is 24.5 Å². The summed E-state index contributed by atoms with van der Waals surface area (Å²) in [7, 11) is 1.82. The van der Waals surface area contributed by atoms with Crippen LogP contribution in [-0.2, 0) is 6.54 Å². The van der Waals surface area contributed by atoms with E-state index in [9.17, 15) is 0 Å². The first-order valence-corrected chi connectivity index (χ1v) is 11.3. The topological polar surface area (TPSA) is 58.1 Å². The van der Waals surface area contributed by atoms with Crippen molar-refractivity contribution in [1.82, 2.24) is 15.5 Å². The smallest absolute Gasteiger partial charge is 0.191 e. The number of hydrogen-bond acceptors (Lipinski definition) is 5. The zero-order chi connectivity index (χ0) is 19.9. The summed E-state index contributed by atoms with van der Waals surface area (Å²) in [6, 6.07) is 10.9. The summed E-state index contributed by atoms with van der Waals surface area (Å²) in [6.45, 7) is 5.29. The lowest BCUT2D eigenvalue weighted by Crippen LogP contribution is -2.42. The van der Waals surface area contributed by atoms with Crippen LogP contribution in [0.15, 0.2) is 40.7 Å². The van der Waals surface area contributed by atoms with Gasteiger partial charge in [-0.3, -0.25) is 9.89 Å². The van der Waals surface area contributed by atoms with Gasteiger partial charge in [0.1, 0.15) is 0 Å². The fraction of sp³-hybridized carbons (Fsp3) is 0.500. The average Bonchev–Trinajstić information content (AvgIpc) is 3.42. The van der Waals surface area contributed by atoms with Gasteiger partial charge in [0.25, 0.3) is 0 Å². The van der Waals surface area contributed by atoms with Gasteiger partial charge >= 0.3 is 0 Å². The summed E-state index contributed by atoms with van der Waals surface area (Å²) in [5.74, 6) is 2.48. The molecule has 4 rings (SSSR count). The Hall–Kier alpha value is -2.25. The van der Waals surface area contributed by atoms with Crippen LogP contribution in [0.4, 0.5) is 0 Å². The Labute approximate surface area is 176 Å². The molecule has 1 atom stereocenters. The van der Waals surface area contributed by atoms with E-state index in [0.717, 1.165) is 36.0 Å². The second-order valence-corrected chi connectivity index (χ2v) is 8.39. The van der Waals surface area contributed by atoms with Gasteiger partial charge in [-0.25, -0.2) is 0 Å². The van der Waals surface area contributed by atoms with Gasteiger partial charge in [0.2, 0.25) is 0 Å². The maximum atomic E-state index is 5.80. The number of fused-ring (bicyclic) bond motifs is 1. The van der Waals surface area contributed by atoms with Crippen LogP contribution in [0, 0.1) is 0 Å². The summed E-state index contributed by atoms with van der Waals surface area (Å²) in [6.07, 6.45) is 3.50. The van der Waals surface area contributed by atoms with Crippen molar-refractivity contribution in [3.05, 3.63) is 46.2 Å². The molecule has 2 aromatic rings. The highest BCUT2D eigenvalue weighted by molar-refractivity contribution is 7.10. The molecule has 1 aromatic carbocycles. The van der Waals surface area contributed by atoms with Crippen molar-refractivity contribution in [3.63, 3.8) is 0 Å². The van der Waals surface area contributed by atoms with Crippen LogP contribution in [0.3, 0.4) is 0 Å². The zero-order valence-corrected chi connectivity index (χ0v) is 17.8. The highest BCUT2D eigenvalue weighted by Crippen LogP contribution is 2.30. The van der Waals surface area contributed by atoms with E-state index >= 15 is 0 Å². The van der Waals surface area contributed by atoms with E-state index in [4.69, 9.17) is 9.47 Å². The Morgan fingerprint density at radius 1 is 1.10 bits per heavy atom. The van der Waals surface area contributed by atoms with Crippen molar-refractivity contribution in [2.45, 2.75) is 31.8 Å². The standard InChI is InChI=1S/C22H30N4O2S/c1-23-22(24-15-17-7-8-19-20(14-17)28-12-5-11-27-19)25-16-18(21-6-4-13-29-21)26-9-2-3-10-26/h4,6-8,13-14,18H,2-3,5,9-12,15-16H2,1H3,(H2,23,24,25). The molecule has 0 radical (unpaired) electrons. The van der Waals surface area contributed by atoms with Gasteiger partial charge in [-0.15, -0.1) is 11.3 Å². The largest absolute Gasteiger partial charge is 0.490 e. The number of nitrogens with one attached hydrogen (secondary N) is 2.